The van der Waals surface area contributed by atoms with Gasteiger partial charge in [-0.15, -0.1) is 0 Å². The molecule has 0 radical (unpaired) electrons. The van der Waals surface area contributed by atoms with Gasteiger partial charge < -0.3 is 0 Å². The number of hydrogen-bond acceptors (Lipinski definition) is 1. The molecule has 0 heterocycles. The largest absolute Gasteiger partial charge is 0.282 e. The molecule has 0 spiro atoms. The van der Waals surface area contributed by atoms with E-state index in [9.17, 15) is 5.41 Å². The third kappa shape index (κ3) is 7.18. The Morgan fingerprint density at radius 1 is 0.543 bits per heavy atom. The van der Waals surface area contributed by atoms with Crippen LogP contribution in [0.1, 0.15) is 63.4 Å². The average molecular weight is 896 g/mol. The number of rotatable bonds is 8. The molecule has 9 aromatic rings. The number of fused-ring (bicyclic) bond motifs is 6. The third-order valence-corrected chi connectivity index (χ3v) is 14.6. The zero-order valence-corrected chi connectivity index (χ0v) is 38.9. The highest BCUT2D eigenvalue weighted by Gasteiger charge is 2.46. The molecular weight excluding hydrogens is 847 g/mol. The van der Waals surface area contributed by atoms with E-state index in [0.29, 0.717) is 5.84 Å². The Labute approximate surface area is 410 Å². The molecular formula is C67H49N3. The fraction of sp³-hybridized carbons (Fsp3) is 0.0597. The zero-order chi connectivity index (χ0) is 47.1. The average Bonchev–Trinajstić information content (AvgIpc) is 3.74. The molecule has 3 heteroatoms. The topological polar surface area (TPSA) is 48.6 Å². The van der Waals surface area contributed by atoms with Crippen molar-refractivity contribution in [3.05, 3.63) is 310 Å². The van der Waals surface area contributed by atoms with Crippen molar-refractivity contribution in [2.45, 2.75) is 18.8 Å². The molecule has 2 unspecified atom stereocenters. The van der Waals surface area contributed by atoms with Crippen LogP contribution in [-0.4, -0.2) is 17.9 Å². The molecule has 70 heavy (non-hydrogen) atoms. The highest BCUT2D eigenvalue weighted by Crippen LogP contribution is 2.58. The predicted molar refractivity (Wildman–Crippen MR) is 293 cm³/mol. The summed E-state index contributed by atoms with van der Waals surface area (Å²) in [5.41, 5.74) is 17.8. The van der Waals surface area contributed by atoms with Gasteiger partial charge >= 0.3 is 0 Å². The first-order chi connectivity index (χ1) is 34.5. The lowest BCUT2D eigenvalue weighted by atomic mass is 9.64. The predicted octanol–water partition coefficient (Wildman–Crippen LogP) is 16.1. The number of nitrogens with zero attached hydrogens (tertiary/aromatic N) is 2. The highest BCUT2D eigenvalue weighted by atomic mass is 14.9. The van der Waals surface area contributed by atoms with Crippen molar-refractivity contribution in [1.82, 2.24) is 0 Å². The summed E-state index contributed by atoms with van der Waals surface area (Å²) in [6, 6.07) is 79.8. The van der Waals surface area contributed by atoms with Gasteiger partial charge in [0, 0.05) is 22.8 Å². The lowest BCUT2D eigenvalue weighted by Crippen LogP contribution is -2.28. The van der Waals surface area contributed by atoms with Gasteiger partial charge in [-0.1, -0.05) is 262 Å². The van der Waals surface area contributed by atoms with Crippen molar-refractivity contribution in [2.75, 3.05) is 0 Å². The molecule has 9 aromatic carbocycles. The summed E-state index contributed by atoms with van der Waals surface area (Å²) in [5.74, 6) is 0.635. The summed E-state index contributed by atoms with van der Waals surface area (Å²) in [4.78, 5) is 9.84. The van der Waals surface area contributed by atoms with Crippen LogP contribution in [0.2, 0.25) is 0 Å². The summed E-state index contributed by atoms with van der Waals surface area (Å²) in [6.45, 7) is 2.39. The van der Waals surface area contributed by atoms with Gasteiger partial charge in [-0.05, 0) is 95.1 Å². The quantitative estimate of drug-likeness (QED) is 0.117. The minimum atomic E-state index is -0.499. The second-order valence-corrected chi connectivity index (χ2v) is 18.6. The van der Waals surface area contributed by atoms with Crippen LogP contribution in [0.3, 0.4) is 0 Å². The number of aliphatic imine (C=N–C) groups is 2. The minimum Gasteiger partial charge on any atom is -0.282 e. The van der Waals surface area contributed by atoms with Crippen molar-refractivity contribution in [2.24, 2.45) is 15.4 Å². The molecule has 12 rings (SSSR count). The number of allylic oxidation sites excluding steroid dienone is 8. The van der Waals surface area contributed by atoms with Crippen LogP contribution in [-0.2, 0) is 5.41 Å². The second kappa shape index (κ2) is 17.7. The van der Waals surface area contributed by atoms with Gasteiger partial charge in [0.25, 0.3) is 0 Å². The summed E-state index contributed by atoms with van der Waals surface area (Å²) in [5, 5.41) is 11.7. The fourth-order valence-electron chi connectivity index (χ4n) is 11.3. The van der Waals surface area contributed by atoms with E-state index in [2.05, 4.69) is 189 Å². The van der Waals surface area contributed by atoms with Crippen molar-refractivity contribution < 1.29 is 0 Å². The van der Waals surface area contributed by atoms with E-state index in [0.717, 1.165) is 34.2 Å². The van der Waals surface area contributed by atoms with E-state index in [1.807, 2.05) is 79.0 Å². The monoisotopic (exact) mass is 895 g/mol. The van der Waals surface area contributed by atoms with Gasteiger partial charge in [0.1, 0.15) is 0 Å². The normalized spacial score (nSPS) is 18.1. The van der Waals surface area contributed by atoms with Crippen LogP contribution in [0.5, 0.6) is 0 Å². The summed E-state index contributed by atoms with van der Waals surface area (Å²) in [7, 11) is 0. The molecule has 0 saturated heterocycles. The lowest BCUT2D eigenvalue weighted by Gasteiger charge is -2.39. The Kier molecular flexibility index (Phi) is 10.8. The van der Waals surface area contributed by atoms with E-state index in [-0.39, 0.29) is 11.3 Å². The maximum atomic E-state index is 9.21. The van der Waals surface area contributed by atoms with Crippen molar-refractivity contribution in [3.8, 4) is 22.3 Å². The minimum absolute atomic E-state index is 0.157. The van der Waals surface area contributed by atoms with Crippen LogP contribution in [0.4, 0.5) is 0 Å². The molecule has 3 nitrogen and oxygen atoms in total. The Hall–Kier alpha value is -8.79. The van der Waals surface area contributed by atoms with Crippen LogP contribution in [0.25, 0.3) is 44.2 Å². The van der Waals surface area contributed by atoms with E-state index >= 15 is 0 Å². The summed E-state index contributed by atoms with van der Waals surface area (Å²) in [6.07, 6.45) is 14.2. The highest BCUT2D eigenvalue weighted by molar-refractivity contribution is 6.15. The third-order valence-electron chi connectivity index (χ3n) is 14.6. The van der Waals surface area contributed by atoms with E-state index < -0.39 is 5.41 Å². The lowest BCUT2D eigenvalue weighted by molar-refractivity contribution is 0.549. The number of benzene rings is 9. The fourth-order valence-corrected chi connectivity index (χ4v) is 11.3. The summed E-state index contributed by atoms with van der Waals surface area (Å²) >= 11 is 0. The van der Waals surface area contributed by atoms with E-state index in [1.54, 1.807) is 0 Å². The molecule has 3 aliphatic carbocycles. The number of amidine groups is 2. The molecule has 0 amide bonds. The Morgan fingerprint density at radius 3 is 1.97 bits per heavy atom. The van der Waals surface area contributed by atoms with Crippen LogP contribution in [0.15, 0.2) is 270 Å². The van der Waals surface area contributed by atoms with Crippen molar-refractivity contribution >= 4 is 39.8 Å². The van der Waals surface area contributed by atoms with Gasteiger partial charge in [0.15, 0.2) is 11.7 Å². The first kappa shape index (κ1) is 42.6. The molecule has 332 valence electrons. The SMILES string of the molecule is CC12CC=CC=C1C=CC(c1ccc(C3(c4ccccc4)c4ccccc4-c4c3ccc3ccccc43)cc1)=C2c1ccc(/C=N/C(=N\C(=N)c2ccccc2-c2ccccc2)c2ccccc2)cc1. The molecule has 2 atom stereocenters. The maximum Gasteiger partial charge on any atom is 0.161 e. The molecule has 0 aliphatic heterocycles. The molecule has 0 fully saturated rings. The van der Waals surface area contributed by atoms with Gasteiger partial charge in [-0.25, -0.2) is 9.98 Å². The molecule has 0 bridgehead atoms. The van der Waals surface area contributed by atoms with Crippen LogP contribution in [0, 0.1) is 10.8 Å². The first-order valence-corrected chi connectivity index (χ1v) is 24.1. The molecule has 3 aliphatic rings. The van der Waals surface area contributed by atoms with Crippen LogP contribution >= 0.6 is 0 Å². The summed E-state index contributed by atoms with van der Waals surface area (Å²) < 4.78 is 0. The number of nitrogens with one attached hydrogen (secondary N) is 1. The van der Waals surface area contributed by atoms with Gasteiger partial charge in [-0.2, -0.15) is 0 Å². The molecule has 0 aromatic heterocycles. The van der Waals surface area contributed by atoms with E-state index in [4.69, 9.17) is 9.98 Å². The second-order valence-electron chi connectivity index (χ2n) is 18.6. The molecule has 0 saturated carbocycles. The number of hydrogen-bond donors (Lipinski definition) is 1. The molecule has 1 N–H and O–H groups in total. The van der Waals surface area contributed by atoms with E-state index in [1.165, 1.54) is 72.0 Å². The standard InChI is InChI=1S/C67H49N3/c1-66-44-18-17-24-52(66)41-42-57(49-36-39-54(40-37-49)67(53-25-9-4-10-26-53)60-31-16-15-30-59(60)62-56-28-12-11-21-48(56)38-43-61(62)67)63(66)50-34-32-46(33-35-50)45-69-65(51-22-7-3-8-23-51)70-64(68)58-29-14-13-27-55(58)47-19-5-2-6-20-47/h2-43,45,68H,44H2,1H3/b68-64?,69-45+,70-65-. The Morgan fingerprint density at radius 2 is 1.19 bits per heavy atom. The zero-order valence-electron chi connectivity index (χ0n) is 38.9. The Bertz CT molecular complexity index is 3670. The van der Waals surface area contributed by atoms with Crippen molar-refractivity contribution in [1.29, 1.82) is 5.41 Å². The first-order valence-electron chi connectivity index (χ1n) is 24.1. The van der Waals surface area contributed by atoms with Gasteiger partial charge in [0.05, 0.1) is 5.41 Å². The van der Waals surface area contributed by atoms with Crippen LogP contribution < -0.4 is 0 Å². The van der Waals surface area contributed by atoms with Gasteiger partial charge in [0.2, 0.25) is 0 Å². The maximum absolute atomic E-state index is 9.21. The van der Waals surface area contributed by atoms with Crippen molar-refractivity contribution in [3.63, 3.8) is 0 Å². The smallest absolute Gasteiger partial charge is 0.161 e. The Balaban J connectivity index is 0.933. The van der Waals surface area contributed by atoms with Gasteiger partial charge in [-0.3, -0.25) is 5.41 Å².